The van der Waals surface area contributed by atoms with Crippen molar-refractivity contribution in [2.45, 2.75) is 32.3 Å². The van der Waals surface area contributed by atoms with E-state index in [2.05, 4.69) is 6.58 Å². The summed E-state index contributed by atoms with van der Waals surface area (Å²) < 4.78 is 28.3. The van der Waals surface area contributed by atoms with Gasteiger partial charge in [0, 0.05) is 25.3 Å². The minimum absolute atomic E-state index is 0.119. The largest absolute Gasteiger partial charge is 0.444 e. The van der Waals surface area contributed by atoms with Gasteiger partial charge in [0.05, 0.1) is 4.91 Å². The minimum Gasteiger partial charge on any atom is -0.444 e. The van der Waals surface area contributed by atoms with Crippen LogP contribution in [-0.4, -0.2) is 44.4 Å². The molecule has 1 aliphatic heterocycles. The number of hydrogen-bond acceptors (Lipinski definition) is 4. The number of carbonyl (C=O) groups is 1. The third kappa shape index (κ3) is 4.34. The molecular weight excluding hydrogens is 314 g/mol. The molecular formula is C17H23NO4S. The Balaban J connectivity index is 1.96. The lowest BCUT2D eigenvalue weighted by Crippen LogP contribution is -2.50. The molecule has 0 spiro atoms. The van der Waals surface area contributed by atoms with Crippen molar-refractivity contribution >= 4 is 20.8 Å². The molecule has 0 aromatic heterocycles. The van der Waals surface area contributed by atoms with Crippen LogP contribution >= 0.6 is 0 Å². The number of likely N-dealkylation sites (tertiary alicyclic amines) is 1. The molecule has 0 radical (unpaired) electrons. The van der Waals surface area contributed by atoms with E-state index in [-0.39, 0.29) is 16.9 Å². The zero-order chi connectivity index (χ0) is 17.4. The highest BCUT2D eigenvalue weighted by Crippen LogP contribution is 2.29. The van der Waals surface area contributed by atoms with Crippen LogP contribution in [0.1, 0.15) is 37.8 Å². The molecule has 23 heavy (non-hydrogen) atoms. The fourth-order valence-electron chi connectivity index (χ4n) is 2.32. The van der Waals surface area contributed by atoms with Crippen molar-refractivity contribution in [2.75, 3.05) is 19.3 Å². The normalized spacial score (nSPS) is 15.9. The zero-order valence-electron chi connectivity index (χ0n) is 14.0. The van der Waals surface area contributed by atoms with Gasteiger partial charge in [-0.05, 0) is 31.9 Å². The quantitative estimate of drug-likeness (QED) is 0.850. The highest BCUT2D eigenvalue weighted by molar-refractivity contribution is 7.99. The molecule has 0 N–H and O–H groups in total. The summed E-state index contributed by atoms with van der Waals surface area (Å²) in [6.45, 7) is 10.4. The van der Waals surface area contributed by atoms with Gasteiger partial charge in [-0.1, -0.05) is 30.8 Å². The zero-order valence-corrected chi connectivity index (χ0v) is 14.8. The van der Waals surface area contributed by atoms with Crippen LogP contribution in [0, 0.1) is 0 Å². The van der Waals surface area contributed by atoms with Gasteiger partial charge in [-0.15, -0.1) is 0 Å². The van der Waals surface area contributed by atoms with Gasteiger partial charge in [-0.25, -0.2) is 13.2 Å². The minimum atomic E-state index is -3.28. The van der Waals surface area contributed by atoms with Crippen molar-refractivity contribution in [3.8, 4) is 0 Å². The molecule has 0 aliphatic carbocycles. The molecule has 0 atom stereocenters. The van der Waals surface area contributed by atoms with E-state index in [4.69, 9.17) is 4.74 Å². The molecule has 1 amide bonds. The summed E-state index contributed by atoms with van der Waals surface area (Å²) in [7, 11) is -3.28. The number of nitrogens with zero attached hydrogens (tertiary/aromatic N) is 1. The molecule has 6 heteroatoms. The summed E-state index contributed by atoms with van der Waals surface area (Å²) in [4.78, 5) is 13.7. The molecule has 1 aromatic carbocycles. The fourth-order valence-corrected chi connectivity index (χ4v) is 2.88. The Labute approximate surface area is 137 Å². The Morgan fingerprint density at radius 2 is 1.74 bits per heavy atom. The number of rotatable bonds is 3. The van der Waals surface area contributed by atoms with Crippen LogP contribution in [0.2, 0.25) is 0 Å². The van der Waals surface area contributed by atoms with E-state index in [1.807, 2.05) is 32.9 Å². The van der Waals surface area contributed by atoms with Gasteiger partial charge in [0.15, 0.2) is 9.84 Å². The van der Waals surface area contributed by atoms with Gasteiger partial charge < -0.3 is 9.64 Å². The Morgan fingerprint density at radius 1 is 1.22 bits per heavy atom. The van der Waals surface area contributed by atoms with Crippen LogP contribution in [0.5, 0.6) is 0 Å². The second kappa shape index (κ2) is 6.00. The third-order valence-electron chi connectivity index (χ3n) is 3.68. The average molecular weight is 337 g/mol. The predicted octanol–water partition coefficient (Wildman–Crippen LogP) is 3.04. The van der Waals surface area contributed by atoms with Crippen LogP contribution in [0.4, 0.5) is 4.79 Å². The highest BCUT2D eigenvalue weighted by atomic mass is 32.2. The number of ether oxygens (including phenoxy) is 1. The number of hydrogen-bond donors (Lipinski definition) is 0. The second-order valence-corrected chi connectivity index (χ2v) is 8.94. The first-order chi connectivity index (χ1) is 10.5. The number of carbonyl (C=O) groups excluding carboxylic acids is 1. The van der Waals surface area contributed by atoms with Crippen LogP contribution < -0.4 is 0 Å². The van der Waals surface area contributed by atoms with Crippen LogP contribution in [0.3, 0.4) is 0 Å². The standard InChI is InChI=1S/C17H23NO4S/c1-12(23(5,20)21)13-6-8-14(9-7-13)15-10-18(11-15)16(19)22-17(2,3)4/h6-9,15H,1,10-11H2,2-5H3. The van der Waals surface area contributed by atoms with Gasteiger partial charge in [-0.2, -0.15) is 0 Å². The van der Waals surface area contributed by atoms with E-state index in [1.165, 1.54) is 0 Å². The number of amides is 1. The third-order valence-corrected chi connectivity index (χ3v) is 4.82. The van der Waals surface area contributed by atoms with Crippen LogP contribution in [-0.2, 0) is 14.6 Å². The maximum Gasteiger partial charge on any atom is 0.410 e. The summed E-state index contributed by atoms with van der Waals surface area (Å²) >= 11 is 0. The molecule has 126 valence electrons. The Morgan fingerprint density at radius 3 is 2.17 bits per heavy atom. The van der Waals surface area contributed by atoms with Crippen molar-refractivity contribution in [2.24, 2.45) is 0 Å². The van der Waals surface area contributed by atoms with E-state index in [0.717, 1.165) is 11.8 Å². The van der Waals surface area contributed by atoms with Crippen molar-refractivity contribution < 1.29 is 17.9 Å². The van der Waals surface area contributed by atoms with E-state index in [9.17, 15) is 13.2 Å². The molecule has 1 fully saturated rings. The van der Waals surface area contributed by atoms with Gasteiger partial charge in [-0.3, -0.25) is 0 Å². The van der Waals surface area contributed by atoms with Gasteiger partial charge >= 0.3 is 6.09 Å². The highest BCUT2D eigenvalue weighted by Gasteiger charge is 2.34. The lowest BCUT2D eigenvalue weighted by Gasteiger charge is -2.40. The van der Waals surface area contributed by atoms with Crippen molar-refractivity contribution in [1.82, 2.24) is 4.90 Å². The predicted molar refractivity (Wildman–Crippen MR) is 90.9 cm³/mol. The molecule has 1 aromatic rings. The fraction of sp³-hybridized carbons (Fsp3) is 0.471. The van der Waals surface area contributed by atoms with Gasteiger partial charge in [0.1, 0.15) is 5.60 Å². The number of sulfone groups is 1. The molecule has 1 heterocycles. The van der Waals surface area contributed by atoms with Gasteiger partial charge in [0.2, 0.25) is 0 Å². The molecule has 0 unspecified atom stereocenters. The van der Waals surface area contributed by atoms with E-state index >= 15 is 0 Å². The first-order valence-electron chi connectivity index (χ1n) is 7.44. The summed E-state index contributed by atoms with van der Waals surface area (Å²) in [5.41, 5.74) is 1.19. The molecule has 2 rings (SSSR count). The maximum atomic E-state index is 11.9. The Hall–Kier alpha value is -1.82. The topological polar surface area (TPSA) is 63.7 Å². The van der Waals surface area contributed by atoms with E-state index in [0.29, 0.717) is 18.7 Å². The monoisotopic (exact) mass is 337 g/mol. The molecule has 1 aliphatic rings. The average Bonchev–Trinajstić information content (AvgIpc) is 2.33. The summed E-state index contributed by atoms with van der Waals surface area (Å²) in [5.74, 6) is 0.253. The van der Waals surface area contributed by atoms with Crippen molar-refractivity contribution in [3.63, 3.8) is 0 Å². The molecule has 5 nitrogen and oxygen atoms in total. The van der Waals surface area contributed by atoms with Crippen LogP contribution in [0.25, 0.3) is 4.91 Å². The summed E-state index contributed by atoms with van der Waals surface area (Å²) in [6, 6.07) is 7.30. The first-order valence-corrected chi connectivity index (χ1v) is 9.34. The van der Waals surface area contributed by atoms with E-state index in [1.54, 1.807) is 17.0 Å². The lowest BCUT2D eigenvalue weighted by molar-refractivity contribution is 0.00819. The first kappa shape index (κ1) is 17.5. The molecule has 1 saturated heterocycles. The lowest BCUT2D eigenvalue weighted by atomic mass is 9.91. The van der Waals surface area contributed by atoms with Crippen LogP contribution in [0.15, 0.2) is 30.8 Å². The van der Waals surface area contributed by atoms with Crippen molar-refractivity contribution in [3.05, 3.63) is 42.0 Å². The Bertz CT molecular complexity index is 708. The van der Waals surface area contributed by atoms with Crippen molar-refractivity contribution in [1.29, 1.82) is 0 Å². The molecule has 0 saturated carbocycles. The second-order valence-electron chi connectivity index (χ2n) is 6.90. The summed E-state index contributed by atoms with van der Waals surface area (Å²) in [5, 5.41) is 0. The molecule has 0 bridgehead atoms. The van der Waals surface area contributed by atoms with Gasteiger partial charge in [0.25, 0.3) is 0 Å². The van der Waals surface area contributed by atoms with E-state index < -0.39 is 15.4 Å². The number of benzene rings is 1. The maximum absolute atomic E-state index is 11.9. The Kier molecular flexibility index (Phi) is 4.57. The summed E-state index contributed by atoms with van der Waals surface area (Å²) in [6.07, 6.45) is 0.851. The SMILES string of the molecule is C=C(c1ccc(C2CN(C(=O)OC(C)(C)C)C2)cc1)S(C)(=O)=O. The smallest absolute Gasteiger partial charge is 0.410 e.